The van der Waals surface area contributed by atoms with E-state index in [0.29, 0.717) is 17.9 Å². The fourth-order valence-electron chi connectivity index (χ4n) is 3.31. The molecule has 0 heterocycles. The molecule has 0 aliphatic heterocycles. The van der Waals surface area contributed by atoms with E-state index in [9.17, 15) is 9.59 Å². The maximum Gasteiger partial charge on any atom is 0.262 e. The Balaban J connectivity index is 1.64. The van der Waals surface area contributed by atoms with Crippen LogP contribution in [0.3, 0.4) is 0 Å². The van der Waals surface area contributed by atoms with E-state index in [1.165, 1.54) is 0 Å². The summed E-state index contributed by atoms with van der Waals surface area (Å²) in [6.07, 6.45) is 0. The number of ether oxygens (including phenoxy) is 1. The minimum absolute atomic E-state index is 0.186. The highest BCUT2D eigenvalue weighted by molar-refractivity contribution is 5.97. The molecule has 0 unspecified atom stereocenters. The predicted molar refractivity (Wildman–Crippen MR) is 123 cm³/mol. The zero-order chi connectivity index (χ0) is 22.2. The summed E-state index contributed by atoms with van der Waals surface area (Å²) in [5.74, 6) is 0.138. The molecule has 0 aliphatic rings. The first-order valence-electron chi connectivity index (χ1n) is 10.4. The molecule has 0 bridgehead atoms. The average molecular weight is 417 g/mol. The highest BCUT2D eigenvalue weighted by Gasteiger charge is 2.15. The van der Waals surface area contributed by atoms with Crippen LogP contribution in [0.2, 0.25) is 0 Å². The van der Waals surface area contributed by atoms with Crippen LogP contribution in [0, 0.1) is 6.92 Å². The minimum atomic E-state index is -0.268. The van der Waals surface area contributed by atoms with Crippen LogP contribution in [-0.4, -0.2) is 18.4 Å². The van der Waals surface area contributed by atoms with E-state index in [1.807, 2.05) is 55.5 Å². The fraction of sp³-hybridized carbons (Fsp3) is 0.231. The van der Waals surface area contributed by atoms with Gasteiger partial charge in [-0.25, -0.2) is 0 Å². The number of para-hydroxylation sites is 2. The van der Waals surface area contributed by atoms with Crippen molar-refractivity contribution in [1.29, 1.82) is 0 Å². The van der Waals surface area contributed by atoms with E-state index in [4.69, 9.17) is 4.74 Å². The van der Waals surface area contributed by atoms with Crippen molar-refractivity contribution in [1.82, 2.24) is 5.32 Å². The Bertz CT molecular complexity index is 1050. The molecule has 2 N–H and O–H groups in total. The van der Waals surface area contributed by atoms with Crippen molar-refractivity contribution in [3.63, 3.8) is 0 Å². The van der Waals surface area contributed by atoms with Crippen LogP contribution in [-0.2, 0) is 11.3 Å². The quantitative estimate of drug-likeness (QED) is 0.539. The van der Waals surface area contributed by atoms with Crippen molar-refractivity contribution in [2.75, 3.05) is 11.9 Å². The van der Waals surface area contributed by atoms with Gasteiger partial charge >= 0.3 is 0 Å². The summed E-state index contributed by atoms with van der Waals surface area (Å²) in [5.41, 5.74) is 4.30. The molecule has 0 spiro atoms. The van der Waals surface area contributed by atoms with Crippen LogP contribution in [0.1, 0.15) is 46.8 Å². The lowest BCUT2D eigenvalue weighted by molar-refractivity contribution is -0.118. The van der Waals surface area contributed by atoms with Crippen LogP contribution >= 0.6 is 0 Å². The molecule has 0 aromatic heterocycles. The molecular formula is C26H28N2O3. The van der Waals surface area contributed by atoms with Crippen molar-refractivity contribution in [2.45, 2.75) is 33.2 Å². The number of carbonyl (C=O) groups excluding carboxylic acids is 2. The van der Waals surface area contributed by atoms with Crippen LogP contribution < -0.4 is 15.4 Å². The number of rotatable bonds is 8. The summed E-state index contributed by atoms with van der Waals surface area (Å²) in [4.78, 5) is 25.2. The summed E-state index contributed by atoms with van der Waals surface area (Å²) >= 11 is 0. The van der Waals surface area contributed by atoms with Crippen molar-refractivity contribution >= 4 is 17.5 Å². The summed E-state index contributed by atoms with van der Waals surface area (Å²) in [6, 6.07) is 22.6. The van der Waals surface area contributed by atoms with Crippen molar-refractivity contribution in [3.05, 3.63) is 95.1 Å². The number of nitrogens with one attached hydrogen (secondary N) is 2. The van der Waals surface area contributed by atoms with E-state index < -0.39 is 0 Å². The number of hydrogen-bond donors (Lipinski definition) is 2. The largest absolute Gasteiger partial charge is 0.483 e. The maximum atomic E-state index is 12.6. The molecule has 5 nitrogen and oxygen atoms in total. The van der Waals surface area contributed by atoms with Crippen molar-refractivity contribution < 1.29 is 14.3 Å². The number of benzene rings is 3. The first kappa shape index (κ1) is 22.1. The van der Waals surface area contributed by atoms with Crippen LogP contribution in [0.5, 0.6) is 5.75 Å². The minimum Gasteiger partial charge on any atom is -0.483 e. The molecule has 31 heavy (non-hydrogen) atoms. The molecule has 160 valence electrons. The highest BCUT2D eigenvalue weighted by atomic mass is 16.5. The topological polar surface area (TPSA) is 67.4 Å². The second kappa shape index (κ2) is 10.4. The number of aryl methyl sites for hydroxylation is 1. The monoisotopic (exact) mass is 416 g/mol. The Morgan fingerprint density at radius 2 is 1.61 bits per heavy atom. The fourth-order valence-corrected chi connectivity index (χ4v) is 3.31. The Kier molecular flexibility index (Phi) is 7.44. The molecule has 3 rings (SSSR count). The van der Waals surface area contributed by atoms with Gasteiger partial charge in [0.2, 0.25) is 0 Å². The number of amides is 2. The van der Waals surface area contributed by atoms with Crippen LogP contribution in [0.25, 0.3) is 0 Å². The lowest BCUT2D eigenvalue weighted by Gasteiger charge is -2.17. The molecule has 0 saturated heterocycles. The third-order valence-electron chi connectivity index (χ3n) is 4.98. The maximum absolute atomic E-state index is 12.6. The van der Waals surface area contributed by atoms with E-state index in [1.54, 1.807) is 24.3 Å². The second-order valence-corrected chi connectivity index (χ2v) is 7.70. The molecule has 0 atom stereocenters. The SMILES string of the molecule is Cc1cccc(C(C)C)c1NC(=O)COc1ccccc1C(=O)NCc1ccccc1. The summed E-state index contributed by atoms with van der Waals surface area (Å²) < 4.78 is 5.71. The molecule has 0 fully saturated rings. The lowest BCUT2D eigenvalue weighted by atomic mass is 9.98. The molecular weight excluding hydrogens is 388 g/mol. The van der Waals surface area contributed by atoms with Gasteiger partial charge in [-0.2, -0.15) is 0 Å². The van der Waals surface area contributed by atoms with Gasteiger partial charge in [0.1, 0.15) is 5.75 Å². The van der Waals surface area contributed by atoms with Crippen LogP contribution in [0.15, 0.2) is 72.8 Å². The summed E-state index contributed by atoms with van der Waals surface area (Å²) in [5, 5.41) is 5.85. The Hall–Kier alpha value is -3.60. The Labute approximate surface area is 183 Å². The first-order chi connectivity index (χ1) is 15.0. The zero-order valence-electron chi connectivity index (χ0n) is 18.1. The Morgan fingerprint density at radius 3 is 2.35 bits per heavy atom. The van der Waals surface area contributed by atoms with Gasteiger partial charge in [0.25, 0.3) is 11.8 Å². The predicted octanol–water partition coefficient (Wildman–Crippen LogP) is 5.07. The molecule has 0 aliphatic carbocycles. The summed E-state index contributed by atoms with van der Waals surface area (Å²) in [7, 11) is 0. The van der Waals surface area contributed by atoms with Crippen LogP contribution in [0.4, 0.5) is 5.69 Å². The van der Waals surface area contributed by atoms with E-state index in [0.717, 1.165) is 22.4 Å². The normalized spacial score (nSPS) is 10.6. The highest BCUT2D eigenvalue weighted by Crippen LogP contribution is 2.27. The van der Waals surface area contributed by atoms with E-state index in [2.05, 4.69) is 24.5 Å². The van der Waals surface area contributed by atoms with Gasteiger partial charge in [-0.1, -0.05) is 74.5 Å². The smallest absolute Gasteiger partial charge is 0.262 e. The van der Waals surface area contributed by atoms with Crippen molar-refractivity contribution in [3.8, 4) is 5.75 Å². The van der Waals surface area contributed by atoms with Gasteiger partial charge in [0.15, 0.2) is 6.61 Å². The molecule has 3 aromatic rings. The molecule has 5 heteroatoms. The number of carbonyl (C=O) groups is 2. The first-order valence-corrected chi connectivity index (χ1v) is 10.4. The van der Waals surface area contributed by atoms with E-state index >= 15 is 0 Å². The molecule has 0 saturated carbocycles. The van der Waals surface area contributed by atoms with Gasteiger partial charge in [-0.05, 0) is 41.7 Å². The van der Waals surface area contributed by atoms with Gasteiger partial charge in [0, 0.05) is 12.2 Å². The van der Waals surface area contributed by atoms with Gasteiger partial charge in [0.05, 0.1) is 5.56 Å². The lowest BCUT2D eigenvalue weighted by Crippen LogP contribution is -2.25. The molecule has 3 aromatic carbocycles. The standard InChI is InChI=1S/C26H28N2O3/c1-18(2)21-14-9-10-19(3)25(21)28-24(29)17-31-23-15-8-7-13-22(23)26(30)27-16-20-11-5-4-6-12-20/h4-15,18H,16-17H2,1-3H3,(H,27,30)(H,28,29). The molecule has 0 radical (unpaired) electrons. The van der Waals surface area contributed by atoms with Crippen molar-refractivity contribution in [2.24, 2.45) is 0 Å². The van der Waals surface area contributed by atoms with Gasteiger partial charge in [-0.15, -0.1) is 0 Å². The van der Waals surface area contributed by atoms with E-state index in [-0.39, 0.29) is 24.3 Å². The average Bonchev–Trinajstić information content (AvgIpc) is 2.78. The Morgan fingerprint density at radius 1 is 0.903 bits per heavy atom. The number of anilines is 1. The van der Waals surface area contributed by atoms with Gasteiger partial charge < -0.3 is 15.4 Å². The molecule has 2 amide bonds. The zero-order valence-corrected chi connectivity index (χ0v) is 18.1. The second-order valence-electron chi connectivity index (χ2n) is 7.70. The summed E-state index contributed by atoms with van der Waals surface area (Å²) in [6.45, 7) is 6.37. The number of hydrogen-bond acceptors (Lipinski definition) is 3. The third kappa shape index (κ3) is 5.95. The third-order valence-corrected chi connectivity index (χ3v) is 4.98. The van der Waals surface area contributed by atoms with Gasteiger partial charge in [-0.3, -0.25) is 9.59 Å².